The first-order valence-electron chi connectivity index (χ1n) is 7.16. The second-order valence-electron chi connectivity index (χ2n) is 5.09. The summed E-state index contributed by atoms with van der Waals surface area (Å²) in [7, 11) is 0. The van der Waals surface area contributed by atoms with E-state index in [0.29, 0.717) is 4.31 Å². The van der Waals surface area contributed by atoms with E-state index in [4.69, 9.17) is 16.2 Å². The Hall–Kier alpha value is -2.90. The summed E-state index contributed by atoms with van der Waals surface area (Å²) in [6.45, 7) is -0.168. The largest absolute Gasteiger partial charge is 0.476 e. The Labute approximate surface area is 158 Å². The first kappa shape index (κ1) is 20.4. The fourth-order valence-corrected chi connectivity index (χ4v) is 3.60. The van der Waals surface area contributed by atoms with Crippen LogP contribution in [0.1, 0.15) is 16.1 Å². The number of hydrogen-bond donors (Lipinski definition) is 5. The third kappa shape index (κ3) is 5.06. The molecule has 1 aromatic carbocycles. The highest BCUT2D eigenvalue weighted by molar-refractivity contribution is 7.81. The minimum absolute atomic E-state index is 0.00577. The molecule has 1 amide bonds. The molecule has 1 aromatic heterocycles. The van der Waals surface area contributed by atoms with E-state index >= 15 is 0 Å². The van der Waals surface area contributed by atoms with Crippen LogP contribution in [0.5, 0.6) is 0 Å². The van der Waals surface area contributed by atoms with Crippen LogP contribution in [0.3, 0.4) is 0 Å². The SMILES string of the molecule is N=C(N)CNC(=O)Cc1ccc(N(c2scnc2C(=O)O)S(=O)O)cc1F. The zero-order chi connectivity index (χ0) is 20.1. The number of nitrogens with two attached hydrogens (primary N) is 1. The number of carboxylic acids is 1. The van der Waals surface area contributed by atoms with Crippen molar-refractivity contribution in [3.8, 4) is 0 Å². The van der Waals surface area contributed by atoms with E-state index in [1.165, 1.54) is 17.6 Å². The quantitative estimate of drug-likeness (QED) is 0.242. The second kappa shape index (κ2) is 8.66. The molecule has 0 saturated heterocycles. The van der Waals surface area contributed by atoms with Gasteiger partial charge in [0.2, 0.25) is 5.91 Å². The van der Waals surface area contributed by atoms with Crippen molar-refractivity contribution in [1.82, 2.24) is 10.3 Å². The number of nitrogens with one attached hydrogen (secondary N) is 2. The van der Waals surface area contributed by atoms with Gasteiger partial charge >= 0.3 is 5.97 Å². The molecule has 2 rings (SSSR count). The van der Waals surface area contributed by atoms with Gasteiger partial charge in [-0.15, -0.1) is 11.3 Å². The van der Waals surface area contributed by atoms with Gasteiger partial charge in [-0.05, 0) is 17.7 Å². The Morgan fingerprint density at radius 1 is 1.44 bits per heavy atom. The van der Waals surface area contributed by atoms with Gasteiger partial charge in [0.1, 0.15) is 16.7 Å². The number of carbonyl (C=O) groups is 2. The highest BCUT2D eigenvalue weighted by atomic mass is 32.2. The minimum atomic E-state index is -2.69. The summed E-state index contributed by atoms with van der Waals surface area (Å²) in [5.41, 5.74) is 5.77. The van der Waals surface area contributed by atoms with E-state index in [9.17, 15) is 22.7 Å². The number of thiazole rings is 1. The molecule has 1 unspecified atom stereocenters. The molecule has 13 heteroatoms. The Balaban J connectivity index is 2.29. The molecule has 1 atom stereocenters. The molecule has 10 nitrogen and oxygen atoms in total. The third-order valence-corrected chi connectivity index (χ3v) is 4.82. The summed E-state index contributed by atoms with van der Waals surface area (Å²) in [6.07, 6.45) is -0.331. The third-order valence-electron chi connectivity index (χ3n) is 3.19. The summed E-state index contributed by atoms with van der Waals surface area (Å²) in [5, 5.41) is 18.3. The van der Waals surface area contributed by atoms with E-state index in [1.807, 2.05) is 0 Å². The van der Waals surface area contributed by atoms with Gasteiger partial charge in [-0.25, -0.2) is 22.7 Å². The molecular weight excluding hydrogens is 401 g/mol. The smallest absolute Gasteiger partial charge is 0.357 e. The van der Waals surface area contributed by atoms with Crippen LogP contribution in [0.4, 0.5) is 15.1 Å². The van der Waals surface area contributed by atoms with Gasteiger partial charge in [0.05, 0.1) is 24.2 Å². The maximum atomic E-state index is 14.4. The molecular formula is C14H14FN5O5S2. The molecule has 0 aliphatic heterocycles. The molecule has 0 fully saturated rings. The molecule has 0 bridgehead atoms. The molecule has 0 aliphatic carbocycles. The highest BCUT2D eigenvalue weighted by Gasteiger charge is 2.25. The summed E-state index contributed by atoms with van der Waals surface area (Å²) < 4.78 is 36.3. The van der Waals surface area contributed by atoms with Gasteiger partial charge in [-0.2, -0.15) is 0 Å². The van der Waals surface area contributed by atoms with E-state index < -0.39 is 34.7 Å². The van der Waals surface area contributed by atoms with Gasteiger partial charge in [-0.1, -0.05) is 6.07 Å². The molecule has 144 valence electrons. The van der Waals surface area contributed by atoms with Gasteiger partial charge in [0.25, 0.3) is 11.3 Å². The number of aromatic nitrogens is 1. The van der Waals surface area contributed by atoms with Crippen LogP contribution in [-0.4, -0.2) is 43.1 Å². The number of hydrogen-bond acceptors (Lipinski definition) is 6. The average Bonchev–Trinajstić information content (AvgIpc) is 3.04. The summed E-state index contributed by atoms with van der Waals surface area (Å²) in [6, 6.07) is 3.42. The zero-order valence-electron chi connectivity index (χ0n) is 13.5. The lowest BCUT2D eigenvalue weighted by molar-refractivity contribution is -0.120. The van der Waals surface area contributed by atoms with Crippen molar-refractivity contribution in [2.45, 2.75) is 6.42 Å². The lowest BCUT2D eigenvalue weighted by atomic mass is 10.1. The maximum absolute atomic E-state index is 14.4. The van der Waals surface area contributed by atoms with E-state index in [-0.39, 0.29) is 35.1 Å². The van der Waals surface area contributed by atoms with Crippen LogP contribution in [0.25, 0.3) is 0 Å². The fourth-order valence-electron chi connectivity index (χ4n) is 2.04. The number of rotatable bonds is 8. The zero-order valence-corrected chi connectivity index (χ0v) is 15.1. The normalized spacial score (nSPS) is 11.6. The number of amides is 1. The van der Waals surface area contributed by atoms with Crippen molar-refractivity contribution < 1.29 is 27.8 Å². The van der Waals surface area contributed by atoms with Crippen molar-refractivity contribution in [3.63, 3.8) is 0 Å². The molecule has 0 aliphatic rings. The first-order valence-corrected chi connectivity index (χ1v) is 9.11. The van der Waals surface area contributed by atoms with E-state index in [0.717, 1.165) is 17.4 Å². The summed E-state index contributed by atoms with van der Waals surface area (Å²) in [4.78, 5) is 26.5. The van der Waals surface area contributed by atoms with Crippen LogP contribution in [0.15, 0.2) is 23.7 Å². The molecule has 0 saturated carbocycles. The lowest BCUT2D eigenvalue weighted by Gasteiger charge is -2.19. The molecule has 0 spiro atoms. The standard InChI is InChI=1S/C14H14FN5O5S2/c15-9-4-8(2-1-7(9)3-11(21)18-5-10(16)17)20(27(24)25)13-12(14(22)23)19-6-26-13/h1-2,4,6H,3,5H2,(H3,16,17)(H,18,21)(H,22,23)(H,24,25). The van der Waals surface area contributed by atoms with Crippen LogP contribution >= 0.6 is 11.3 Å². The van der Waals surface area contributed by atoms with Crippen molar-refractivity contribution in [2.75, 3.05) is 10.8 Å². The molecule has 27 heavy (non-hydrogen) atoms. The predicted octanol–water partition coefficient (Wildman–Crippen LogP) is 0.850. The maximum Gasteiger partial charge on any atom is 0.357 e. The Kier molecular flexibility index (Phi) is 6.55. The van der Waals surface area contributed by atoms with Crippen molar-refractivity contribution >= 4 is 51.0 Å². The molecule has 2 aromatic rings. The van der Waals surface area contributed by atoms with Gasteiger partial charge in [0.15, 0.2) is 5.69 Å². The second-order valence-corrected chi connectivity index (χ2v) is 6.75. The predicted molar refractivity (Wildman–Crippen MR) is 97.0 cm³/mol. The number of amidine groups is 1. The van der Waals surface area contributed by atoms with E-state index in [2.05, 4.69) is 10.3 Å². The van der Waals surface area contributed by atoms with Crippen molar-refractivity contribution in [3.05, 3.63) is 40.8 Å². The Bertz CT molecular complexity index is 919. The summed E-state index contributed by atoms with van der Waals surface area (Å²) >= 11 is -1.89. The number of anilines is 2. The number of nitrogens with zero attached hydrogens (tertiary/aromatic N) is 2. The van der Waals surface area contributed by atoms with Crippen LogP contribution in [0.2, 0.25) is 0 Å². The van der Waals surface area contributed by atoms with Crippen LogP contribution in [0, 0.1) is 11.2 Å². The van der Waals surface area contributed by atoms with Crippen LogP contribution < -0.4 is 15.4 Å². The van der Waals surface area contributed by atoms with Gasteiger partial charge < -0.3 is 16.2 Å². The minimum Gasteiger partial charge on any atom is -0.476 e. The van der Waals surface area contributed by atoms with Crippen LogP contribution in [-0.2, 0) is 22.5 Å². The Morgan fingerprint density at radius 2 is 2.15 bits per heavy atom. The number of halogens is 1. The average molecular weight is 415 g/mol. The number of carbonyl (C=O) groups excluding carboxylic acids is 1. The lowest BCUT2D eigenvalue weighted by Crippen LogP contribution is -2.34. The molecule has 0 radical (unpaired) electrons. The topological polar surface area (TPSA) is 170 Å². The number of aromatic carboxylic acids is 1. The number of benzene rings is 1. The molecule has 1 heterocycles. The van der Waals surface area contributed by atoms with Gasteiger partial charge in [0, 0.05) is 0 Å². The number of carboxylic acid groups (broad SMARTS) is 1. The highest BCUT2D eigenvalue weighted by Crippen LogP contribution is 2.34. The molecule has 6 N–H and O–H groups in total. The Morgan fingerprint density at radius 3 is 2.70 bits per heavy atom. The first-order chi connectivity index (χ1) is 12.7. The van der Waals surface area contributed by atoms with E-state index in [1.54, 1.807) is 0 Å². The monoisotopic (exact) mass is 415 g/mol. The van der Waals surface area contributed by atoms with Gasteiger partial charge in [-0.3, -0.25) is 14.8 Å². The van der Waals surface area contributed by atoms with Crippen molar-refractivity contribution in [1.29, 1.82) is 5.41 Å². The van der Waals surface area contributed by atoms with Crippen molar-refractivity contribution in [2.24, 2.45) is 5.73 Å². The fraction of sp³-hybridized carbons (Fsp3) is 0.143. The summed E-state index contributed by atoms with van der Waals surface area (Å²) in [5.74, 6) is -3.04.